The van der Waals surface area contributed by atoms with Crippen molar-refractivity contribution in [3.8, 4) is 0 Å². The lowest BCUT2D eigenvalue weighted by molar-refractivity contribution is -0.0863. The van der Waals surface area contributed by atoms with E-state index in [1.807, 2.05) is 0 Å². The largest absolute Gasteiger partial charge is 0.375 e. The SMILES string of the molecule is CCC(CC)CNC1(CN)CCOC(C)(C)C1. The summed E-state index contributed by atoms with van der Waals surface area (Å²) in [4.78, 5) is 0. The van der Waals surface area contributed by atoms with Gasteiger partial charge in [0.15, 0.2) is 0 Å². The predicted octanol–water partition coefficient (Wildman–Crippen LogP) is 2.30. The Morgan fingerprint density at radius 1 is 1.29 bits per heavy atom. The third-order valence-corrected chi connectivity index (χ3v) is 4.15. The molecule has 1 unspecified atom stereocenters. The van der Waals surface area contributed by atoms with Crippen LogP contribution in [-0.2, 0) is 4.74 Å². The quantitative estimate of drug-likeness (QED) is 0.751. The fourth-order valence-corrected chi connectivity index (χ4v) is 2.81. The van der Waals surface area contributed by atoms with Crippen LogP contribution in [0.4, 0.5) is 0 Å². The zero-order valence-electron chi connectivity index (χ0n) is 12.0. The third-order valence-electron chi connectivity index (χ3n) is 4.15. The Morgan fingerprint density at radius 3 is 2.41 bits per heavy atom. The molecule has 1 rings (SSSR count). The summed E-state index contributed by atoms with van der Waals surface area (Å²) in [5.74, 6) is 0.768. The Labute approximate surface area is 106 Å². The average molecular weight is 242 g/mol. The molecule has 0 aromatic heterocycles. The molecule has 17 heavy (non-hydrogen) atoms. The van der Waals surface area contributed by atoms with Crippen molar-refractivity contribution in [1.29, 1.82) is 0 Å². The van der Waals surface area contributed by atoms with Crippen LogP contribution in [0.25, 0.3) is 0 Å². The summed E-state index contributed by atoms with van der Waals surface area (Å²) < 4.78 is 5.79. The van der Waals surface area contributed by atoms with E-state index in [2.05, 4.69) is 33.0 Å². The lowest BCUT2D eigenvalue weighted by Crippen LogP contribution is -2.59. The van der Waals surface area contributed by atoms with Crippen LogP contribution < -0.4 is 11.1 Å². The van der Waals surface area contributed by atoms with Crippen molar-refractivity contribution >= 4 is 0 Å². The van der Waals surface area contributed by atoms with Gasteiger partial charge in [-0.1, -0.05) is 26.7 Å². The molecular weight excluding hydrogens is 212 g/mol. The first-order chi connectivity index (χ1) is 7.97. The van der Waals surface area contributed by atoms with Gasteiger partial charge in [-0.25, -0.2) is 0 Å². The summed E-state index contributed by atoms with van der Waals surface area (Å²) >= 11 is 0. The van der Waals surface area contributed by atoms with Crippen molar-refractivity contribution in [2.75, 3.05) is 19.7 Å². The van der Waals surface area contributed by atoms with Gasteiger partial charge in [0.1, 0.15) is 0 Å². The van der Waals surface area contributed by atoms with E-state index in [0.717, 1.165) is 31.9 Å². The van der Waals surface area contributed by atoms with Crippen molar-refractivity contribution in [3.05, 3.63) is 0 Å². The van der Waals surface area contributed by atoms with Gasteiger partial charge in [0.2, 0.25) is 0 Å². The average Bonchev–Trinajstić information content (AvgIpc) is 2.29. The maximum Gasteiger partial charge on any atom is 0.0644 e. The first-order valence-electron chi connectivity index (χ1n) is 7.06. The van der Waals surface area contributed by atoms with Crippen molar-refractivity contribution in [2.24, 2.45) is 11.7 Å². The van der Waals surface area contributed by atoms with Gasteiger partial charge in [0, 0.05) is 18.7 Å². The molecule has 0 bridgehead atoms. The molecule has 1 heterocycles. The normalized spacial score (nSPS) is 28.6. The fraction of sp³-hybridized carbons (Fsp3) is 1.00. The zero-order chi connectivity index (χ0) is 12.9. The Morgan fingerprint density at radius 2 is 1.94 bits per heavy atom. The molecule has 3 heteroatoms. The second-order valence-electron chi connectivity index (χ2n) is 6.08. The van der Waals surface area contributed by atoms with Gasteiger partial charge in [0.25, 0.3) is 0 Å². The summed E-state index contributed by atoms with van der Waals surface area (Å²) in [6, 6.07) is 0. The molecule has 1 aliphatic rings. The number of hydrogen-bond acceptors (Lipinski definition) is 3. The third kappa shape index (κ3) is 4.23. The molecular formula is C14H30N2O. The van der Waals surface area contributed by atoms with Gasteiger partial charge in [-0.3, -0.25) is 0 Å². The molecule has 1 saturated heterocycles. The first kappa shape index (κ1) is 14.9. The highest BCUT2D eigenvalue weighted by atomic mass is 16.5. The van der Waals surface area contributed by atoms with E-state index in [1.165, 1.54) is 12.8 Å². The van der Waals surface area contributed by atoms with Crippen LogP contribution in [0.5, 0.6) is 0 Å². The van der Waals surface area contributed by atoms with E-state index in [0.29, 0.717) is 6.54 Å². The minimum Gasteiger partial charge on any atom is -0.375 e. The van der Waals surface area contributed by atoms with Crippen LogP contribution in [0.2, 0.25) is 0 Å². The van der Waals surface area contributed by atoms with Crippen LogP contribution >= 0.6 is 0 Å². The first-order valence-corrected chi connectivity index (χ1v) is 7.06. The molecule has 3 N–H and O–H groups in total. The molecule has 3 nitrogen and oxygen atoms in total. The van der Waals surface area contributed by atoms with E-state index in [1.54, 1.807) is 0 Å². The van der Waals surface area contributed by atoms with Gasteiger partial charge < -0.3 is 15.8 Å². The van der Waals surface area contributed by atoms with Crippen LogP contribution in [0.3, 0.4) is 0 Å². The number of ether oxygens (including phenoxy) is 1. The molecule has 0 spiro atoms. The van der Waals surface area contributed by atoms with E-state index in [4.69, 9.17) is 10.5 Å². The molecule has 0 amide bonds. The van der Waals surface area contributed by atoms with Crippen LogP contribution in [0.1, 0.15) is 53.4 Å². The van der Waals surface area contributed by atoms with Crippen molar-refractivity contribution < 1.29 is 4.74 Å². The maximum absolute atomic E-state index is 6.01. The minimum absolute atomic E-state index is 0.0431. The van der Waals surface area contributed by atoms with Crippen LogP contribution in [-0.4, -0.2) is 30.8 Å². The Bertz CT molecular complexity index is 226. The van der Waals surface area contributed by atoms with Crippen molar-refractivity contribution in [1.82, 2.24) is 5.32 Å². The molecule has 102 valence electrons. The highest BCUT2D eigenvalue weighted by Crippen LogP contribution is 2.31. The maximum atomic E-state index is 6.01. The number of nitrogens with one attached hydrogen (secondary N) is 1. The molecule has 1 aliphatic heterocycles. The van der Waals surface area contributed by atoms with Crippen molar-refractivity contribution in [3.63, 3.8) is 0 Å². The smallest absolute Gasteiger partial charge is 0.0644 e. The van der Waals surface area contributed by atoms with Crippen LogP contribution in [0.15, 0.2) is 0 Å². The van der Waals surface area contributed by atoms with Gasteiger partial charge in [0.05, 0.1) is 5.60 Å². The summed E-state index contributed by atoms with van der Waals surface area (Å²) in [6.45, 7) is 11.5. The standard InChI is InChI=1S/C14H30N2O/c1-5-12(6-2)9-16-14(11-15)7-8-17-13(3,4)10-14/h12,16H,5-11,15H2,1-4H3. The van der Waals surface area contributed by atoms with E-state index >= 15 is 0 Å². The topological polar surface area (TPSA) is 47.3 Å². The van der Waals surface area contributed by atoms with Crippen molar-refractivity contribution in [2.45, 2.75) is 64.5 Å². The van der Waals surface area contributed by atoms with Gasteiger partial charge in [-0.15, -0.1) is 0 Å². The molecule has 0 radical (unpaired) electrons. The van der Waals surface area contributed by atoms with Gasteiger partial charge in [-0.05, 0) is 39.2 Å². The lowest BCUT2D eigenvalue weighted by atomic mass is 9.81. The molecule has 0 aromatic carbocycles. The van der Waals surface area contributed by atoms with Crippen LogP contribution in [0, 0.1) is 5.92 Å². The Hall–Kier alpha value is -0.120. The van der Waals surface area contributed by atoms with E-state index in [-0.39, 0.29) is 11.1 Å². The Kier molecular flexibility index (Phi) is 5.42. The van der Waals surface area contributed by atoms with Gasteiger partial charge >= 0.3 is 0 Å². The van der Waals surface area contributed by atoms with E-state index in [9.17, 15) is 0 Å². The number of nitrogens with two attached hydrogens (primary N) is 1. The summed E-state index contributed by atoms with van der Waals surface area (Å²) in [5.41, 5.74) is 6.05. The summed E-state index contributed by atoms with van der Waals surface area (Å²) in [5, 5.41) is 3.74. The number of rotatable bonds is 6. The lowest BCUT2D eigenvalue weighted by Gasteiger charge is -2.45. The second kappa shape index (κ2) is 6.17. The van der Waals surface area contributed by atoms with E-state index < -0.39 is 0 Å². The summed E-state index contributed by atoms with van der Waals surface area (Å²) in [7, 11) is 0. The monoisotopic (exact) mass is 242 g/mol. The molecule has 0 aliphatic carbocycles. The minimum atomic E-state index is -0.0431. The molecule has 1 fully saturated rings. The Balaban J connectivity index is 2.56. The van der Waals surface area contributed by atoms with Gasteiger partial charge in [-0.2, -0.15) is 0 Å². The highest BCUT2D eigenvalue weighted by Gasteiger charge is 2.39. The summed E-state index contributed by atoms with van der Waals surface area (Å²) in [6.07, 6.45) is 4.53. The molecule has 0 aromatic rings. The predicted molar refractivity (Wildman–Crippen MR) is 73.1 cm³/mol. The number of hydrogen-bond donors (Lipinski definition) is 2. The second-order valence-corrected chi connectivity index (χ2v) is 6.08. The highest BCUT2D eigenvalue weighted by molar-refractivity contribution is 4.97. The molecule has 1 atom stereocenters. The zero-order valence-corrected chi connectivity index (χ0v) is 12.0. The fourth-order valence-electron chi connectivity index (χ4n) is 2.81. The molecule has 0 saturated carbocycles.